The highest BCUT2D eigenvalue weighted by molar-refractivity contribution is 5.73. The SMILES string of the molecule is COCc1nc(C2CC(NC3CCN(C(C)=O)CC3)C2)cc(=O)[nH]1. The highest BCUT2D eigenvalue weighted by Crippen LogP contribution is 2.36. The summed E-state index contributed by atoms with van der Waals surface area (Å²) < 4.78 is 5.04. The molecule has 0 atom stereocenters. The lowest BCUT2D eigenvalue weighted by molar-refractivity contribution is -0.129. The number of hydrogen-bond donors (Lipinski definition) is 2. The van der Waals surface area contributed by atoms with Crippen LogP contribution in [0.1, 0.15) is 50.0 Å². The quantitative estimate of drug-likeness (QED) is 0.830. The maximum Gasteiger partial charge on any atom is 0.251 e. The molecule has 7 heteroatoms. The number of methoxy groups -OCH3 is 1. The Morgan fingerprint density at radius 1 is 1.38 bits per heavy atom. The van der Waals surface area contributed by atoms with Crippen molar-refractivity contribution < 1.29 is 9.53 Å². The maximum absolute atomic E-state index is 11.7. The highest BCUT2D eigenvalue weighted by Gasteiger charge is 2.33. The summed E-state index contributed by atoms with van der Waals surface area (Å²) in [5, 5.41) is 3.69. The third-order valence-electron chi connectivity index (χ3n) is 5.06. The van der Waals surface area contributed by atoms with Gasteiger partial charge in [0.2, 0.25) is 5.91 Å². The smallest absolute Gasteiger partial charge is 0.251 e. The number of carbonyl (C=O) groups is 1. The van der Waals surface area contributed by atoms with Crippen molar-refractivity contribution in [3.05, 3.63) is 27.9 Å². The number of likely N-dealkylation sites (tertiary alicyclic amines) is 1. The van der Waals surface area contributed by atoms with Crippen molar-refractivity contribution >= 4 is 5.91 Å². The predicted octanol–water partition coefficient (Wildman–Crippen LogP) is 0.763. The molecule has 0 bridgehead atoms. The molecular weight excluding hydrogens is 308 g/mol. The second kappa shape index (κ2) is 7.44. The van der Waals surface area contributed by atoms with Crippen LogP contribution in [-0.4, -0.2) is 53.1 Å². The molecule has 0 aromatic carbocycles. The Kier molecular flexibility index (Phi) is 5.30. The molecule has 0 radical (unpaired) electrons. The van der Waals surface area contributed by atoms with Gasteiger partial charge in [0.05, 0.1) is 5.69 Å². The van der Waals surface area contributed by atoms with Gasteiger partial charge in [-0.25, -0.2) is 4.98 Å². The number of nitrogens with one attached hydrogen (secondary N) is 2. The molecule has 132 valence electrons. The maximum atomic E-state index is 11.7. The van der Waals surface area contributed by atoms with E-state index >= 15 is 0 Å². The van der Waals surface area contributed by atoms with Gasteiger partial charge >= 0.3 is 0 Å². The van der Waals surface area contributed by atoms with E-state index in [0.717, 1.165) is 44.5 Å². The van der Waals surface area contributed by atoms with Crippen molar-refractivity contribution in [2.24, 2.45) is 0 Å². The van der Waals surface area contributed by atoms with E-state index in [1.54, 1.807) is 20.1 Å². The minimum atomic E-state index is -0.111. The highest BCUT2D eigenvalue weighted by atomic mass is 16.5. The number of ether oxygens (including phenoxy) is 1. The Labute approximate surface area is 141 Å². The number of piperidine rings is 1. The Bertz CT molecular complexity index is 631. The van der Waals surface area contributed by atoms with Crippen molar-refractivity contribution in [1.29, 1.82) is 0 Å². The number of hydrogen-bond acceptors (Lipinski definition) is 5. The zero-order valence-corrected chi connectivity index (χ0v) is 14.4. The summed E-state index contributed by atoms with van der Waals surface area (Å²) in [5.41, 5.74) is 0.760. The molecule has 2 heterocycles. The summed E-state index contributed by atoms with van der Waals surface area (Å²) in [5.74, 6) is 1.11. The Hall–Kier alpha value is -1.73. The van der Waals surface area contributed by atoms with Crippen LogP contribution in [0, 0.1) is 0 Å². The average Bonchev–Trinajstić information content (AvgIpc) is 2.50. The Morgan fingerprint density at radius 2 is 2.08 bits per heavy atom. The summed E-state index contributed by atoms with van der Waals surface area (Å²) in [6, 6.07) is 2.57. The molecule has 0 spiro atoms. The van der Waals surface area contributed by atoms with Gasteiger partial charge in [0.15, 0.2) is 0 Å². The minimum Gasteiger partial charge on any atom is -0.377 e. The zero-order valence-electron chi connectivity index (χ0n) is 14.4. The minimum absolute atomic E-state index is 0.111. The Morgan fingerprint density at radius 3 is 2.71 bits per heavy atom. The van der Waals surface area contributed by atoms with Gasteiger partial charge in [-0.3, -0.25) is 9.59 Å². The molecule has 2 fully saturated rings. The van der Waals surface area contributed by atoms with Gasteiger partial charge < -0.3 is 19.9 Å². The average molecular weight is 334 g/mol. The van der Waals surface area contributed by atoms with Crippen LogP contribution < -0.4 is 10.9 Å². The molecular formula is C17H26N4O3. The van der Waals surface area contributed by atoms with Gasteiger partial charge in [-0.05, 0) is 25.7 Å². The Balaban J connectivity index is 1.48. The van der Waals surface area contributed by atoms with E-state index in [-0.39, 0.29) is 11.5 Å². The van der Waals surface area contributed by atoms with Crippen molar-refractivity contribution in [1.82, 2.24) is 20.2 Å². The monoisotopic (exact) mass is 334 g/mol. The van der Waals surface area contributed by atoms with Gasteiger partial charge in [0.25, 0.3) is 5.56 Å². The molecule has 7 nitrogen and oxygen atoms in total. The van der Waals surface area contributed by atoms with Gasteiger partial charge in [0, 0.05) is 51.2 Å². The van der Waals surface area contributed by atoms with Crippen LogP contribution in [0.25, 0.3) is 0 Å². The normalized spacial score (nSPS) is 24.7. The third-order valence-corrected chi connectivity index (χ3v) is 5.06. The first-order chi connectivity index (χ1) is 11.5. The molecule has 1 aliphatic carbocycles. The third kappa shape index (κ3) is 4.02. The molecule has 1 saturated carbocycles. The number of carbonyl (C=O) groups excluding carboxylic acids is 1. The van der Waals surface area contributed by atoms with Crippen molar-refractivity contribution in [3.8, 4) is 0 Å². The van der Waals surface area contributed by atoms with Gasteiger partial charge in [0.1, 0.15) is 12.4 Å². The lowest BCUT2D eigenvalue weighted by Crippen LogP contribution is -2.50. The second-order valence-corrected chi connectivity index (χ2v) is 6.86. The molecule has 24 heavy (non-hydrogen) atoms. The fourth-order valence-corrected chi connectivity index (χ4v) is 3.63. The molecule has 3 rings (SSSR count). The molecule has 1 aliphatic heterocycles. The number of aromatic amines is 1. The summed E-state index contributed by atoms with van der Waals surface area (Å²) in [7, 11) is 1.59. The van der Waals surface area contributed by atoms with Crippen molar-refractivity contribution in [2.75, 3.05) is 20.2 Å². The molecule has 2 aliphatic rings. The van der Waals surface area contributed by atoms with E-state index in [2.05, 4.69) is 15.3 Å². The number of rotatable bonds is 5. The molecule has 1 saturated heterocycles. The van der Waals surface area contributed by atoms with Crippen LogP contribution in [0.5, 0.6) is 0 Å². The van der Waals surface area contributed by atoms with E-state index in [4.69, 9.17) is 4.74 Å². The van der Waals surface area contributed by atoms with Crippen LogP contribution in [0.2, 0.25) is 0 Å². The summed E-state index contributed by atoms with van der Waals surface area (Å²) in [6.45, 7) is 3.65. The molecule has 1 aromatic heterocycles. The van der Waals surface area contributed by atoms with Crippen LogP contribution in [0.15, 0.2) is 10.9 Å². The van der Waals surface area contributed by atoms with Crippen molar-refractivity contribution in [2.45, 2.75) is 57.2 Å². The lowest BCUT2D eigenvalue weighted by atomic mass is 9.77. The molecule has 2 N–H and O–H groups in total. The number of aromatic nitrogens is 2. The van der Waals surface area contributed by atoms with Crippen LogP contribution in [0.3, 0.4) is 0 Å². The van der Waals surface area contributed by atoms with E-state index in [0.29, 0.717) is 30.4 Å². The summed E-state index contributed by atoms with van der Waals surface area (Å²) in [6.07, 6.45) is 4.05. The van der Waals surface area contributed by atoms with E-state index < -0.39 is 0 Å². The number of nitrogens with zero attached hydrogens (tertiary/aromatic N) is 2. The number of amides is 1. The second-order valence-electron chi connectivity index (χ2n) is 6.86. The van der Waals surface area contributed by atoms with E-state index in [1.165, 1.54) is 0 Å². The standard InChI is InChI=1S/C17H26N4O3/c1-11(22)21-5-3-13(4-6-21)18-14-7-12(8-14)15-9-17(23)20-16(19-15)10-24-2/h9,12-14,18H,3-8,10H2,1-2H3,(H,19,20,23). The topological polar surface area (TPSA) is 87.3 Å². The zero-order chi connectivity index (χ0) is 17.1. The molecule has 0 unspecified atom stereocenters. The van der Waals surface area contributed by atoms with E-state index in [1.807, 2.05) is 4.90 Å². The van der Waals surface area contributed by atoms with Gasteiger partial charge in [-0.1, -0.05) is 0 Å². The van der Waals surface area contributed by atoms with Crippen molar-refractivity contribution in [3.63, 3.8) is 0 Å². The van der Waals surface area contributed by atoms with Gasteiger partial charge in [-0.15, -0.1) is 0 Å². The van der Waals surface area contributed by atoms with Crippen LogP contribution >= 0.6 is 0 Å². The van der Waals surface area contributed by atoms with Gasteiger partial charge in [-0.2, -0.15) is 0 Å². The van der Waals surface area contributed by atoms with E-state index in [9.17, 15) is 9.59 Å². The molecule has 1 amide bonds. The fourth-order valence-electron chi connectivity index (χ4n) is 3.63. The number of H-pyrrole nitrogens is 1. The first-order valence-electron chi connectivity index (χ1n) is 8.65. The first kappa shape index (κ1) is 17.1. The molecule has 1 aromatic rings. The summed E-state index contributed by atoms with van der Waals surface area (Å²) >= 11 is 0. The fraction of sp³-hybridized carbons (Fsp3) is 0.706. The predicted molar refractivity (Wildman–Crippen MR) is 89.7 cm³/mol. The van der Waals surface area contributed by atoms with Crippen LogP contribution in [0.4, 0.5) is 0 Å². The van der Waals surface area contributed by atoms with Crippen LogP contribution in [-0.2, 0) is 16.1 Å². The summed E-state index contributed by atoms with van der Waals surface area (Å²) in [4.78, 5) is 32.2. The largest absolute Gasteiger partial charge is 0.377 e. The lowest BCUT2D eigenvalue weighted by Gasteiger charge is -2.40. The first-order valence-corrected chi connectivity index (χ1v) is 8.65.